The summed E-state index contributed by atoms with van der Waals surface area (Å²) >= 11 is 0. The first kappa shape index (κ1) is 19.9. The highest BCUT2D eigenvalue weighted by atomic mass is 16.2. The summed E-state index contributed by atoms with van der Waals surface area (Å²) in [6.45, 7) is 3.34. The molecule has 0 radical (unpaired) electrons. The maximum atomic E-state index is 13.1. The molecule has 0 saturated carbocycles. The second kappa shape index (κ2) is 8.18. The number of rotatable bonds is 4. The van der Waals surface area contributed by atoms with Gasteiger partial charge in [0.05, 0.1) is 6.42 Å². The summed E-state index contributed by atoms with van der Waals surface area (Å²) in [5, 5.41) is 8.41. The lowest BCUT2D eigenvalue weighted by Gasteiger charge is -2.33. The van der Waals surface area contributed by atoms with Crippen LogP contribution in [-0.4, -0.2) is 35.8 Å². The van der Waals surface area contributed by atoms with Crippen LogP contribution in [0, 0.1) is 6.92 Å². The molecule has 7 heteroatoms. The van der Waals surface area contributed by atoms with Crippen molar-refractivity contribution >= 4 is 29.2 Å². The first-order valence-corrected chi connectivity index (χ1v) is 10.3. The zero-order valence-electron chi connectivity index (χ0n) is 17.0. The lowest BCUT2D eigenvalue weighted by atomic mass is 9.87. The van der Waals surface area contributed by atoms with Crippen LogP contribution >= 0.6 is 0 Å². The third-order valence-electron chi connectivity index (χ3n) is 5.78. The lowest BCUT2D eigenvalue weighted by molar-refractivity contribution is -0.137. The summed E-state index contributed by atoms with van der Waals surface area (Å²) in [7, 11) is 0. The Bertz CT molecular complexity index is 967. The highest BCUT2D eigenvalue weighted by Crippen LogP contribution is 2.39. The van der Waals surface area contributed by atoms with Crippen molar-refractivity contribution in [2.45, 2.75) is 38.1 Å². The lowest BCUT2D eigenvalue weighted by Crippen LogP contribution is -2.55. The second-order valence-electron chi connectivity index (χ2n) is 7.97. The summed E-state index contributed by atoms with van der Waals surface area (Å²) in [5.74, 6) is -0.523. The Balaban J connectivity index is 1.60. The number of carbonyl (C=O) groups is 3. The van der Waals surface area contributed by atoms with E-state index in [9.17, 15) is 14.4 Å². The van der Waals surface area contributed by atoms with Crippen molar-refractivity contribution in [3.05, 3.63) is 59.7 Å². The molecule has 4 rings (SSSR count). The first-order chi connectivity index (χ1) is 14.5. The molecule has 1 fully saturated rings. The average molecular weight is 406 g/mol. The zero-order valence-corrected chi connectivity index (χ0v) is 17.0. The highest BCUT2D eigenvalue weighted by molar-refractivity contribution is 6.10. The van der Waals surface area contributed by atoms with E-state index >= 15 is 0 Å². The summed E-state index contributed by atoms with van der Waals surface area (Å²) in [6.07, 6.45) is 2.92. The fraction of sp³-hybridized carbons (Fsp3) is 0.348. The smallest absolute Gasteiger partial charge is 0.320 e. The number of amides is 4. The molecule has 0 aliphatic carbocycles. The van der Waals surface area contributed by atoms with Gasteiger partial charge in [-0.15, -0.1) is 0 Å². The predicted molar refractivity (Wildman–Crippen MR) is 115 cm³/mol. The Kier molecular flexibility index (Phi) is 5.44. The molecule has 2 aliphatic heterocycles. The Morgan fingerprint density at radius 1 is 1.03 bits per heavy atom. The van der Waals surface area contributed by atoms with E-state index in [1.165, 1.54) is 0 Å². The summed E-state index contributed by atoms with van der Waals surface area (Å²) in [6, 6.07) is 14.0. The van der Waals surface area contributed by atoms with Crippen LogP contribution in [0.5, 0.6) is 0 Å². The van der Waals surface area contributed by atoms with Crippen LogP contribution in [0.3, 0.4) is 0 Å². The molecule has 2 heterocycles. The normalized spacial score (nSPS) is 20.3. The van der Waals surface area contributed by atoms with Gasteiger partial charge in [-0.1, -0.05) is 35.9 Å². The van der Waals surface area contributed by atoms with Gasteiger partial charge in [0.1, 0.15) is 0 Å². The van der Waals surface area contributed by atoms with E-state index in [2.05, 4.69) is 16.0 Å². The Morgan fingerprint density at radius 3 is 2.47 bits per heavy atom. The number of hydrogen-bond acceptors (Lipinski definition) is 3. The highest BCUT2D eigenvalue weighted by Gasteiger charge is 2.50. The van der Waals surface area contributed by atoms with Crippen molar-refractivity contribution < 1.29 is 14.4 Å². The number of likely N-dealkylation sites (tertiary alicyclic amines) is 1. The van der Waals surface area contributed by atoms with Crippen molar-refractivity contribution in [3.8, 4) is 0 Å². The van der Waals surface area contributed by atoms with E-state index in [1.54, 1.807) is 35.2 Å². The Morgan fingerprint density at radius 2 is 1.73 bits per heavy atom. The summed E-state index contributed by atoms with van der Waals surface area (Å²) < 4.78 is 0. The summed E-state index contributed by atoms with van der Waals surface area (Å²) in [5.41, 5.74) is 1.47. The van der Waals surface area contributed by atoms with Crippen LogP contribution in [0.25, 0.3) is 0 Å². The second-order valence-corrected chi connectivity index (χ2v) is 7.97. The van der Waals surface area contributed by atoms with Crippen LogP contribution in [0.15, 0.2) is 48.5 Å². The molecule has 2 aliphatic rings. The number of urea groups is 1. The number of aryl methyl sites for hydroxylation is 1. The third-order valence-corrected chi connectivity index (χ3v) is 5.78. The molecular formula is C23H26N4O3. The van der Waals surface area contributed by atoms with Gasteiger partial charge < -0.3 is 20.9 Å². The van der Waals surface area contributed by atoms with Gasteiger partial charge in [-0.05, 0) is 44.4 Å². The minimum Gasteiger partial charge on any atom is -0.343 e. The molecule has 1 saturated heterocycles. The number of nitrogens with zero attached hydrogens (tertiary/aromatic N) is 1. The molecule has 0 aromatic heterocycles. The van der Waals surface area contributed by atoms with Crippen molar-refractivity contribution in [3.63, 3.8) is 0 Å². The van der Waals surface area contributed by atoms with Crippen LogP contribution in [0.1, 0.15) is 36.8 Å². The number of benzene rings is 2. The monoisotopic (exact) mass is 406 g/mol. The fourth-order valence-electron chi connectivity index (χ4n) is 4.13. The van der Waals surface area contributed by atoms with Gasteiger partial charge in [0.2, 0.25) is 5.91 Å². The van der Waals surface area contributed by atoms with Crippen molar-refractivity contribution in [2.75, 3.05) is 23.7 Å². The number of anilines is 2. The van der Waals surface area contributed by atoms with Gasteiger partial charge >= 0.3 is 6.03 Å². The minimum absolute atomic E-state index is 0.114. The molecule has 156 valence electrons. The third kappa shape index (κ3) is 3.87. The van der Waals surface area contributed by atoms with Gasteiger partial charge in [0.25, 0.3) is 5.91 Å². The van der Waals surface area contributed by atoms with Gasteiger partial charge in [-0.25, -0.2) is 4.79 Å². The molecule has 7 nitrogen and oxygen atoms in total. The molecule has 2 aromatic rings. The van der Waals surface area contributed by atoms with Gasteiger partial charge in [0, 0.05) is 30.0 Å². The Hall–Kier alpha value is -3.35. The van der Waals surface area contributed by atoms with E-state index in [0.717, 1.165) is 24.8 Å². The maximum Gasteiger partial charge on any atom is 0.320 e. The first-order valence-electron chi connectivity index (χ1n) is 10.3. The number of fused-ring (bicyclic) bond motifs is 1. The largest absolute Gasteiger partial charge is 0.343 e. The number of hydrogen-bond donors (Lipinski definition) is 3. The SMILES string of the molecule is Cc1ccc(NC(=O)NC2(CC(=O)N3CCCCC3)C(=O)Nc3ccccc32)cc1. The van der Waals surface area contributed by atoms with Crippen molar-refractivity contribution in [1.29, 1.82) is 0 Å². The number of carbonyl (C=O) groups excluding carboxylic acids is 3. The maximum absolute atomic E-state index is 13.1. The van der Waals surface area contributed by atoms with Crippen molar-refractivity contribution in [1.82, 2.24) is 10.2 Å². The molecule has 4 amide bonds. The molecule has 1 atom stereocenters. The molecule has 2 aromatic carbocycles. The quantitative estimate of drug-likeness (QED) is 0.727. The van der Waals surface area contributed by atoms with E-state index in [-0.39, 0.29) is 12.3 Å². The topological polar surface area (TPSA) is 90.5 Å². The molecule has 1 unspecified atom stereocenters. The van der Waals surface area contributed by atoms with Gasteiger partial charge in [-0.3, -0.25) is 9.59 Å². The summed E-state index contributed by atoms with van der Waals surface area (Å²) in [4.78, 5) is 40.8. The fourth-order valence-corrected chi connectivity index (χ4v) is 4.13. The molecule has 30 heavy (non-hydrogen) atoms. The number of nitrogens with one attached hydrogen (secondary N) is 3. The van der Waals surface area contributed by atoms with Crippen molar-refractivity contribution in [2.24, 2.45) is 0 Å². The van der Waals surface area contributed by atoms with Crippen LogP contribution in [0.4, 0.5) is 16.2 Å². The van der Waals surface area contributed by atoms with Crippen LogP contribution in [0.2, 0.25) is 0 Å². The van der Waals surface area contributed by atoms with E-state index in [4.69, 9.17) is 0 Å². The predicted octanol–water partition coefficient (Wildman–Crippen LogP) is 3.37. The average Bonchev–Trinajstić information content (AvgIpc) is 3.01. The van der Waals surface area contributed by atoms with Gasteiger partial charge in [-0.2, -0.15) is 0 Å². The molecule has 0 bridgehead atoms. The molecular weight excluding hydrogens is 380 g/mol. The van der Waals surface area contributed by atoms with Gasteiger partial charge in [0.15, 0.2) is 5.54 Å². The Labute approximate surface area is 175 Å². The zero-order chi connectivity index (χ0) is 21.1. The van der Waals surface area contributed by atoms with E-state index in [0.29, 0.717) is 30.0 Å². The number of para-hydroxylation sites is 1. The number of piperidine rings is 1. The van der Waals surface area contributed by atoms with Crippen LogP contribution in [-0.2, 0) is 15.1 Å². The minimum atomic E-state index is -1.44. The van der Waals surface area contributed by atoms with Crippen LogP contribution < -0.4 is 16.0 Å². The molecule has 0 spiro atoms. The molecule has 3 N–H and O–H groups in total. The standard InChI is InChI=1S/C23H26N4O3/c1-16-9-11-17(12-10-16)24-22(30)26-23(15-20(28)27-13-5-2-6-14-27)18-7-3-4-8-19(18)25-21(23)29/h3-4,7-12H,2,5-6,13-15H2,1H3,(H,25,29)(H2,24,26,30). The van der Waals surface area contributed by atoms with E-state index in [1.807, 2.05) is 25.1 Å². The van der Waals surface area contributed by atoms with E-state index < -0.39 is 17.5 Å².